The van der Waals surface area contributed by atoms with E-state index in [2.05, 4.69) is 10.1 Å². The Labute approximate surface area is 112 Å². The van der Waals surface area contributed by atoms with Gasteiger partial charge in [-0.2, -0.15) is 4.98 Å². The standard InChI is InChI=1S/C12H15N3O2.ClH/c1-2-10(13)12-14-11(15-17-12)8-16-9-6-4-3-5-7-9;/h3-7,10H,2,8,13H2,1H3;1H/t10-;/m0./s1. The number of para-hydroxylation sites is 1. The molecule has 2 rings (SSSR count). The molecule has 0 aliphatic heterocycles. The summed E-state index contributed by atoms with van der Waals surface area (Å²) >= 11 is 0. The first-order valence-corrected chi connectivity index (χ1v) is 5.55. The minimum atomic E-state index is -0.201. The summed E-state index contributed by atoms with van der Waals surface area (Å²) in [5.74, 6) is 1.74. The van der Waals surface area contributed by atoms with Gasteiger partial charge in [0, 0.05) is 0 Å². The fourth-order valence-electron chi connectivity index (χ4n) is 1.32. The predicted octanol–water partition coefficient (Wildman–Crippen LogP) is 2.48. The highest BCUT2D eigenvalue weighted by molar-refractivity contribution is 5.85. The molecule has 0 radical (unpaired) electrons. The van der Waals surface area contributed by atoms with Crippen molar-refractivity contribution in [2.45, 2.75) is 26.0 Å². The molecule has 1 heterocycles. The number of nitrogens with two attached hydrogens (primary N) is 1. The molecule has 0 fully saturated rings. The van der Waals surface area contributed by atoms with Crippen LogP contribution >= 0.6 is 12.4 Å². The normalized spacial score (nSPS) is 11.7. The number of halogens is 1. The fraction of sp³-hybridized carbons (Fsp3) is 0.333. The summed E-state index contributed by atoms with van der Waals surface area (Å²) in [6.45, 7) is 2.25. The number of nitrogens with zero attached hydrogens (tertiary/aromatic N) is 2. The number of aromatic nitrogens is 2. The fourth-order valence-corrected chi connectivity index (χ4v) is 1.32. The molecule has 0 saturated carbocycles. The van der Waals surface area contributed by atoms with E-state index in [0.717, 1.165) is 12.2 Å². The Hall–Kier alpha value is -1.59. The lowest BCUT2D eigenvalue weighted by Crippen LogP contribution is -2.09. The zero-order valence-corrected chi connectivity index (χ0v) is 10.9. The molecule has 0 spiro atoms. The van der Waals surface area contributed by atoms with Gasteiger partial charge in [0.1, 0.15) is 5.75 Å². The van der Waals surface area contributed by atoms with Gasteiger partial charge in [-0.15, -0.1) is 12.4 Å². The van der Waals surface area contributed by atoms with Crippen molar-refractivity contribution in [2.75, 3.05) is 0 Å². The van der Waals surface area contributed by atoms with Gasteiger partial charge in [-0.3, -0.25) is 0 Å². The van der Waals surface area contributed by atoms with Crippen LogP contribution in [0.3, 0.4) is 0 Å². The van der Waals surface area contributed by atoms with E-state index in [9.17, 15) is 0 Å². The van der Waals surface area contributed by atoms with Crippen LogP contribution in [0.5, 0.6) is 5.75 Å². The summed E-state index contributed by atoms with van der Waals surface area (Å²) in [6.07, 6.45) is 0.765. The minimum Gasteiger partial charge on any atom is -0.485 e. The van der Waals surface area contributed by atoms with Gasteiger partial charge in [0.25, 0.3) is 0 Å². The SMILES string of the molecule is CC[C@H](N)c1nc(COc2ccccc2)no1.Cl. The Morgan fingerprint density at radius 3 is 2.72 bits per heavy atom. The second kappa shape index (κ2) is 6.98. The zero-order valence-electron chi connectivity index (χ0n) is 10.1. The summed E-state index contributed by atoms with van der Waals surface area (Å²) in [6, 6.07) is 9.29. The molecule has 98 valence electrons. The van der Waals surface area contributed by atoms with E-state index >= 15 is 0 Å². The van der Waals surface area contributed by atoms with Crippen LogP contribution in [0.15, 0.2) is 34.9 Å². The number of hydrogen-bond donors (Lipinski definition) is 1. The maximum atomic E-state index is 5.78. The zero-order chi connectivity index (χ0) is 12.1. The van der Waals surface area contributed by atoms with Crippen LogP contribution in [0, 0.1) is 0 Å². The molecule has 0 unspecified atom stereocenters. The van der Waals surface area contributed by atoms with Gasteiger partial charge in [-0.1, -0.05) is 30.3 Å². The second-order valence-corrected chi connectivity index (χ2v) is 3.67. The van der Waals surface area contributed by atoms with E-state index in [0.29, 0.717) is 11.7 Å². The predicted molar refractivity (Wildman–Crippen MR) is 69.5 cm³/mol. The van der Waals surface area contributed by atoms with Crippen molar-refractivity contribution in [3.63, 3.8) is 0 Å². The van der Waals surface area contributed by atoms with Gasteiger partial charge in [-0.25, -0.2) is 0 Å². The second-order valence-electron chi connectivity index (χ2n) is 3.67. The Bertz CT molecular complexity index is 461. The van der Waals surface area contributed by atoms with Crippen LogP contribution in [0.4, 0.5) is 0 Å². The third-order valence-electron chi connectivity index (χ3n) is 2.35. The van der Waals surface area contributed by atoms with Gasteiger partial charge in [-0.05, 0) is 18.6 Å². The van der Waals surface area contributed by atoms with Crippen molar-refractivity contribution in [3.05, 3.63) is 42.0 Å². The Balaban J connectivity index is 0.00000162. The highest BCUT2D eigenvalue weighted by atomic mass is 35.5. The molecule has 1 atom stereocenters. The van der Waals surface area contributed by atoms with E-state index in [4.69, 9.17) is 15.0 Å². The van der Waals surface area contributed by atoms with E-state index in [1.165, 1.54) is 0 Å². The molecular formula is C12H16ClN3O2. The van der Waals surface area contributed by atoms with Crippen molar-refractivity contribution >= 4 is 12.4 Å². The van der Waals surface area contributed by atoms with Crippen LogP contribution in [0.1, 0.15) is 31.1 Å². The van der Waals surface area contributed by atoms with Crippen LogP contribution in [0.2, 0.25) is 0 Å². The Morgan fingerprint density at radius 2 is 2.06 bits per heavy atom. The summed E-state index contributed by atoms with van der Waals surface area (Å²) in [4.78, 5) is 4.17. The molecule has 0 bridgehead atoms. The lowest BCUT2D eigenvalue weighted by atomic mass is 10.2. The van der Waals surface area contributed by atoms with Crippen LogP contribution in [-0.4, -0.2) is 10.1 Å². The van der Waals surface area contributed by atoms with Crippen LogP contribution in [0.25, 0.3) is 0 Å². The Kier molecular flexibility index (Phi) is 5.61. The minimum absolute atomic E-state index is 0. The first-order valence-electron chi connectivity index (χ1n) is 5.55. The molecular weight excluding hydrogens is 254 g/mol. The van der Waals surface area contributed by atoms with Crippen molar-refractivity contribution in [3.8, 4) is 5.75 Å². The topological polar surface area (TPSA) is 74.2 Å². The smallest absolute Gasteiger partial charge is 0.243 e. The lowest BCUT2D eigenvalue weighted by Gasteiger charge is -2.01. The average Bonchev–Trinajstić information content (AvgIpc) is 2.85. The maximum Gasteiger partial charge on any atom is 0.243 e. The van der Waals surface area contributed by atoms with Gasteiger partial charge in [0.15, 0.2) is 6.61 Å². The Morgan fingerprint density at radius 1 is 1.33 bits per heavy atom. The third-order valence-corrected chi connectivity index (χ3v) is 2.35. The molecule has 2 N–H and O–H groups in total. The molecule has 5 nitrogen and oxygen atoms in total. The molecule has 18 heavy (non-hydrogen) atoms. The van der Waals surface area contributed by atoms with Crippen LogP contribution in [-0.2, 0) is 6.61 Å². The van der Waals surface area contributed by atoms with Crippen molar-refractivity contribution in [2.24, 2.45) is 5.73 Å². The van der Waals surface area contributed by atoms with E-state index < -0.39 is 0 Å². The highest BCUT2D eigenvalue weighted by Gasteiger charge is 2.12. The summed E-state index contributed by atoms with van der Waals surface area (Å²) in [5.41, 5.74) is 5.78. The highest BCUT2D eigenvalue weighted by Crippen LogP contribution is 2.13. The first-order chi connectivity index (χ1) is 8.29. The molecule has 0 saturated heterocycles. The van der Waals surface area contributed by atoms with Crippen molar-refractivity contribution < 1.29 is 9.26 Å². The summed E-state index contributed by atoms with van der Waals surface area (Å²) < 4.78 is 10.5. The lowest BCUT2D eigenvalue weighted by molar-refractivity contribution is 0.283. The summed E-state index contributed by atoms with van der Waals surface area (Å²) in [5, 5.41) is 3.81. The van der Waals surface area contributed by atoms with Crippen molar-refractivity contribution in [1.82, 2.24) is 10.1 Å². The van der Waals surface area contributed by atoms with E-state index in [1.807, 2.05) is 37.3 Å². The molecule has 0 aliphatic carbocycles. The monoisotopic (exact) mass is 269 g/mol. The molecule has 0 amide bonds. The number of rotatable bonds is 5. The molecule has 1 aromatic carbocycles. The first kappa shape index (κ1) is 14.5. The van der Waals surface area contributed by atoms with E-state index in [1.54, 1.807) is 0 Å². The average molecular weight is 270 g/mol. The van der Waals surface area contributed by atoms with E-state index in [-0.39, 0.29) is 25.1 Å². The number of benzene rings is 1. The molecule has 1 aromatic heterocycles. The van der Waals surface area contributed by atoms with Crippen LogP contribution < -0.4 is 10.5 Å². The number of hydrogen-bond acceptors (Lipinski definition) is 5. The quantitative estimate of drug-likeness (QED) is 0.903. The largest absolute Gasteiger partial charge is 0.485 e. The molecule has 6 heteroatoms. The summed E-state index contributed by atoms with van der Waals surface area (Å²) in [7, 11) is 0. The number of ether oxygens (including phenoxy) is 1. The molecule has 2 aromatic rings. The van der Waals surface area contributed by atoms with Crippen molar-refractivity contribution in [1.29, 1.82) is 0 Å². The van der Waals surface area contributed by atoms with Gasteiger partial charge in [0.2, 0.25) is 11.7 Å². The van der Waals surface area contributed by atoms with Gasteiger partial charge < -0.3 is 15.0 Å². The molecule has 0 aliphatic rings. The third kappa shape index (κ3) is 3.72. The maximum absolute atomic E-state index is 5.78. The van der Waals surface area contributed by atoms with Gasteiger partial charge in [0.05, 0.1) is 6.04 Å². The van der Waals surface area contributed by atoms with Gasteiger partial charge >= 0.3 is 0 Å².